The van der Waals surface area contributed by atoms with Gasteiger partial charge in [0.15, 0.2) is 0 Å². The van der Waals surface area contributed by atoms with Crippen LogP contribution in [0.15, 0.2) is 18.2 Å². The Morgan fingerprint density at radius 3 is 3.00 bits per heavy atom. The highest BCUT2D eigenvalue weighted by Gasteiger charge is 2.25. The maximum absolute atomic E-state index is 11.3. The van der Waals surface area contributed by atoms with Gasteiger partial charge in [0.2, 0.25) is 0 Å². The number of carbonyl (C=O) groups excluding carboxylic acids is 1. The van der Waals surface area contributed by atoms with E-state index in [4.69, 9.17) is 0 Å². The van der Waals surface area contributed by atoms with Crippen molar-refractivity contribution in [2.45, 2.75) is 4.95 Å². The molecule has 1 N–H and O–H groups in total. The standard InChI is InChI=1S/C10H11BrN2O2/c1-13-9(11)7-4-3-6(10(14)15-2)5-8(7)12-13/h3-5,9,12H,1-2H3. The Morgan fingerprint density at radius 1 is 1.60 bits per heavy atom. The van der Waals surface area contributed by atoms with Crippen molar-refractivity contribution in [3.8, 4) is 0 Å². The van der Waals surface area contributed by atoms with E-state index in [1.807, 2.05) is 18.1 Å². The second kappa shape index (κ2) is 3.83. The minimum Gasteiger partial charge on any atom is -0.465 e. The summed E-state index contributed by atoms with van der Waals surface area (Å²) < 4.78 is 4.66. The molecule has 1 unspecified atom stereocenters. The molecule has 2 rings (SSSR count). The van der Waals surface area contributed by atoms with Crippen LogP contribution in [-0.2, 0) is 4.74 Å². The van der Waals surface area contributed by atoms with Crippen molar-refractivity contribution in [1.29, 1.82) is 0 Å². The van der Waals surface area contributed by atoms with Crippen LogP contribution in [-0.4, -0.2) is 25.1 Å². The quantitative estimate of drug-likeness (QED) is 0.482. The number of hydrazine groups is 1. The third-order valence-corrected chi connectivity index (χ3v) is 3.48. The van der Waals surface area contributed by atoms with E-state index < -0.39 is 0 Å². The van der Waals surface area contributed by atoms with Gasteiger partial charge in [-0.15, -0.1) is 0 Å². The lowest BCUT2D eigenvalue weighted by Crippen LogP contribution is -2.18. The third kappa shape index (κ3) is 1.72. The van der Waals surface area contributed by atoms with Crippen LogP contribution in [0, 0.1) is 0 Å². The van der Waals surface area contributed by atoms with Crippen LogP contribution in [0.2, 0.25) is 0 Å². The minimum atomic E-state index is -0.319. The van der Waals surface area contributed by atoms with E-state index in [1.165, 1.54) is 7.11 Å². The van der Waals surface area contributed by atoms with E-state index >= 15 is 0 Å². The monoisotopic (exact) mass is 270 g/mol. The van der Waals surface area contributed by atoms with Gasteiger partial charge in [-0.3, -0.25) is 0 Å². The van der Waals surface area contributed by atoms with Crippen molar-refractivity contribution in [1.82, 2.24) is 5.01 Å². The summed E-state index contributed by atoms with van der Waals surface area (Å²) in [6.45, 7) is 0. The van der Waals surface area contributed by atoms with Crippen LogP contribution in [0.25, 0.3) is 0 Å². The minimum absolute atomic E-state index is 0.138. The molecule has 1 aromatic carbocycles. The Bertz CT molecular complexity index is 408. The number of halogens is 1. The summed E-state index contributed by atoms with van der Waals surface area (Å²) in [6.07, 6.45) is 0. The number of hydrogen-bond acceptors (Lipinski definition) is 4. The summed E-state index contributed by atoms with van der Waals surface area (Å²) in [7, 11) is 3.31. The van der Waals surface area contributed by atoms with Gasteiger partial charge >= 0.3 is 5.97 Å². The molecule has 0 radical (unpaired) electrons. The highest BCUT2D eigenvalue weighted by Crippen LogP contribution is 2.38. The van der Waals surface area contributed by atoms with E-state index in [9.17, 15) is 4.79 Å². The first-order valence-corrected chi connectivity index (χ1v) is 5.41. The molecule has 0 aliphatic carbocycles. The number of anilines is 1. The normalized spacial score (nSPS) is 19.5. The van der Waals surface area contributed by atoms with Gasteiger partial charge in [-0.1, -0.05) is 22.0 Å². The third-order valence-electron chi connectivity index (χ3n) is 2.37. The number of hydrogen-bond donors (Lipinski definition) is 1. The predicted molar refractivity (Wildman–Crippen MR) is 60.8 cm³/mol. The Balaban J connectivity index is 2.37. The smallest absolute Gasteiger partial charge is 0.337 e. The van der Waals surface area contributed by atoms with Gasteiger partial charge in [-0.25, -0.2) is 9.80 Å². The number of rotatable bonds is 1. The summed E-state index contributed by atoms with van der Waals surface area (Å²) in [6, 6.07) is 5.47. The largest absolute Gasteiger partial charge is 0.465 e. The highest BCUT2D eigenvalue weighted by molar-refractivity contribution is 9.09. The molecular weight excluding hydrogens is 260 g/mol. The number of benzene rings is 1. The fourth-order valence-electron chi connectivity index (χ4n) is 1.56. The molecule has 0 fully saturated rings. The van der Waals surface area contributed by atoms with Crippen LogP contribution < -0.4 is 5.43 Å². The number of ether oxygens (including phenoxy) is 1. The zero-order chi connectivity index (χ0) is 11.0. The molecule has 1 heterocycles. The SMILES string of the molecule is COC(=O)c1ccc2c(c1)NN(C)C2Br. The molecule has 1 atom stereocenters. The second-order valence-corrected chi connectivity index (χ2v) is 4.22. The first-order valence-electron chi connectivity index (χ1n) is 4.49. The molecule has 0 amide bonds. The van der Waals surface area contributed by atoms with Gasteiger partial charge in [0.05, 0.1) is 18.4 Å². The molecule has 0 spiro atoms. The summed E-state index contributed by atoms with van der Waals surface area (Å²) in [5.74, 6) is -0.319. The summed E-state index contributed by atoms with van der Waals surface area (Å²) in [5.41, 5.74) is 5.75. The summed E-state index contributed by atoms with van der Waals surface area (Å²) >= 11 is 3.53. The second-order valence-electron chi connectivity index (χ2n) is 3.35. The lowest BCUT2D eigenvalue weighted by Gasteiger charge is -2.12. The van der Waals surface area contributed by atoms with Gasteiger partial charge in [-0.2, -0.15) is 0 Å². The first kappa shape index (κ1) is 10.4. The molecule has 0 saturated carbocycles. The molecule has 15 heavy (non-hydrogen) atoms. The van der Waals surface area contributed by atoms with E-state index in [1.54, 1.807) is 12.1 Å². The van der Waals surface area contributed by atoms with E-state index in [-0.39, 0.29) is 10.9 Å². The maximum atomic E-state index is 11.3. The van der Waals surface area contributed by atoms with E-state index in [0.29, 0.717) is 5.56 Å². The van der Waals surface area contributed by atoms with Gasteiger partial charge < -0.3 is 10.2 Å². The summed E-state index contributed by atoms with van der Waals surface area (Å²) in [4.78, 5) is 11.4. The number of alkyl halides is 1. The Morgan fingerprint density at radius 2 is 2.33 bits per heavy atom. The van der Waals surface area contributed by atoms with Crippen molar-refractivity contribution in [2.75, 3.05) is 19.6 Å². The fourth-order valence-corrected chi connectivity index (χ4v) is 2.06. The molecule has 80 valence electrons. The van der Waals surface area contributed by atoms with Gasteiger partial charge in [0.25, 0.3) is 0 Å². The average molecular weight is 271 g/mol. The number of nitrogens with one attached hydrogen (secondary N) is 1. The number of esters is 1. The Hall–Kier alpha value is -1.07. The lowest BCUT2D eigenvalue weighted by molar-refractivity contribution is 0.0601. The number of fused-ring (bicyclic) bond motifs is 1. The number of carbonyl (C=O) groups is 1. The Kier molecular flexibility index (Phi) is 2.67. The van der Waals surface area contributed by atoms with E-state index in [0.717, 1.165) is 11.3 Å². The molecule has 1 aromatic rings. The average Bonchev–Trinajstić information content (AvgIpc) is 2.53. The molecule has 4 nitrogen and oxygen atoms in total. The zero-order valence-electron chi connectivity index (χ0n) is 8.45. The van der Waals surface area contributed by atoms with Crippen LogP contribution >= 0.6 is 15.9 Å². The molecular formula is C10H11BrN2O2. The number of nitrogens with zero attached hydrogens (tertiary/aromatic N) is 1. The fraction of sp³-hybridized carbons (Fsp3) is 0.300. The van der Waals surface area contributed by atoms with Gasteiger partial charge in [0.1, 0.15) is 4.95 Å². The van der Waals surface area contributed by atoms with Crippen molar-refractivity contribution in [2.24, 2.45) is 0 Å². The maximum Gasteiger partial charge on any atom is 0.337 e. The molecule has 0 saturated heterocycles. The van der Waals surface area contributed by atoms with Gasteiger partial charge in [0, 0.05) is 12.6 Å². The van der Waals surface area contributed by atoms with Crippen LogP contribution in [0.3, 0.4) is 0 Å². The van der Waals surface area contributed by atoms with Crippen molar-refractivity contribution >= 4 is 27.6 Å². The van der Waals surface area contributed by atoms with Gasteiger partial charge in [-0.05, 0) is 12.1 Å². The molecule has 0 aromatic heterocycles. The molecule has 0 bridgehead atoms. The predicted octanol–water partition coefficient (Wildman–Crippen LogP) is 2.14. The molecule has 1 aliphatic heterocycles. The van der Waals surface area contributed by atoms with Crippen molar-refractivity contribution in [3.05, 3.63) is 29.3 Å². The topological polar surface area (TPSA) is 41.6 Å². The molecule has 1 aliphatic rings. The van der Waals surface area contributed by atoms with Crippen molar-refractivity contribution in [3.63, 3.8) is 0 Å². The highest BCUT2D eigenvalue weighted by atomic mass is 79.9. The zero-order valence-corrected chi connectivity index (χ0v) is 10.0. The van der Waals surface area contributed by atoms with Crippen LogP contribution in [0.4, 0.5) is 5.69 Å². The molecule has 5 heteroatoms. The first-order chi connectivity index (χ1) is 7.13. The Labute approximate surface area is 96.3 Å². The van der Waals surface area contributed by atoms with Crippen LogP contribution in [0.5, 0.6) is 0 Å². The lowest BCUT2D eigenvalue weighted by atomic mass is 10.1. The summed E-state index contributed by atoms with van der Waals surface area (Å²) in [5, 5.41) is 1.92. The van der Waals surface area contributed by atoms with Crippen LogP contribution in [0.1, 0.15) is 20.9 Å². The number of methoxy groups -OCH3 is 1. The van der Waals surface area contributed by atoms with Crippen molar-refractivity contribution < 1.29 is 9.53 Å². The van der Waals surface area contributed by atoms with E-state index in [2.05, 4.69) is 26.1 Å².